The molecule has 0 aromatic heterocycles. The second-order valence-electron chi connectivity index (χ2n) is 5.14. The number of halogens is 2. The second-order valence-corrected chi connectivity index (χ2v) is 5.99. The summed E-state index contributed by atoms with van der Waals surface area (Å²) in [5.41, 5.74) is 2.72. The average Bonchev–Trinajstić information content (AvgIpc) is 2.45. The molecular weight excluding hydrogens is 303 g/mol. The second kappa shape index (κ2) is 6.93. The van der Waals surface area contributed by atoms with E-state index in [1.165, 1.54) is 11.6 Å². The molecule has 2 rings (SSSR count). The molecule has 0 aliphatic rings. The van der Waals surface area contributed by atoms with Gasteiger partial charge in [0.1, 0.15) is 0 Å². The quantitative estimate of drug-likeness (QED) is 0.498. The van der Waals surface area contributed by atoms with Crippen molar-refractivity contribution in [1.29, 1.82) is 0 Å². The van der Waals surface area contributed by atoms with Crippen LogP contribution in [0.5, 0.6) is 0 Å². The molecule has 0 saturated heterocycles. The minimum Gasteiger partial charge on any atom is -0.289 e. The van der Waals surface area contributed by atoms with Crippen LogP contribution >= 0.6 is 23.2 Å². The zero-order chi connectivity index (χ0) is 15.4. The van der Waals surface area contributed by atoms with Crippen LogP contribution in [0.1, 0.15) is 41.3 Å². The highest BCUT2D eigenvalue weighted by atomic mass is 35.5. The fourth-order valence-electron chi connectivity index (χ4n) is 1.94. The molecular formula is C18H16Cl2O. The van der Waals surface area contributed by atoms with Crippen LogP contribution in [0.25, 0.3) is 6.08 Å². The number of ketones is 1. The molecule has 108 valence electrons. The van der Waals surface area contributed by atoms with Crippen molar-refractivity contribution in [3.05, 3.63) is 75.3 Å². The highest BCUT2D eigenvalue weighted by Gasteiger charge is 2.07. The maximum absolute atomic E-state index is 12.1. The number of carbonyl (C=O) groups excluding carboxylic acids is 1. The van der Waals surface area contributed by atoms with Crippen LogP contribution in [0, 0.1) is 0 Å². The Balaban J connectivity index is 2.15. The van der Waals surface area contributed by atoms with Crippen LogP contribution in [0.4, 0.5) is 0 Å². The molecule has 1 nitrogen and oxygen atoms in total. The Kier molecular flexibility index (Phi) is 5.22. The Morgan fingerprint density at radius 3 is 2.29 bits per heavy atom. The Bertz CT molecular complexity index is 670. The molecule has 0 unspecified atom stereocenters. The van der Waals surface area contributed by atoms with E-state index in [0.29, 0.717) is 21.5 Å². The van der Waals surface area contributed by atoms with E-state index >= 15 is 0 Å². The maximum Gasteiger partial charge on any atom is 0.187 e. The number of rotatable bonds is 4. The number of allylic oxidation sites excluding steroid dienone is 1. The third kappa shape index (κ3) is 4.20. The van der Waals surface area contributed by atoms with Crippen LogP contribution in [-0.4, -0.2) is 5.78 Å². The van der Waals surface area contributed by atoms with E-state index in [0.717, 1.165) is 5.56 Å². The van der Waals surface area contributed by atoms with E-state index in [1.807, 2.05) is 12.1 Å². The Morgan fingerprint density at radius 1 is 1.05 bits per heavy atom. The Labute approximate surface area is 135 Å². The summed E-state index contributed by atoms with van der Waals surface area (Å²) in [6, 6.07) is 13.0. The number of carbonyl (C=O) groups is 1. The number of benzene rings is 2. The summed E-state index contributed by atoms with van der Waals surface area (Å²) in [7, 11) is 0. The van der Waals surface area contributed by atoms with E-state index in [2.05, 4.69) is 26.0 Å². The van der Waals surface area contributed by atoms with Gasteiger partial charge in [0.2, 0.25) is 0 Å². The van der Waals surface area contributed by atoms with Crippen molar-refractivity contribution < 1.29 is 4.79 Å². The predicted octanol–water partition coefficient (Wildman–Crippen LogP) is 6.01. The lowest BCUT2D eigenvalue weighted by atomic mass is 10.0. The van der Waals surface area contributed by atoms with Gasteiger partial charge in [0.05, 0.1) is 5.02 Å². The van der Waals surface area contributed by atoms with Gasteiger partial charge < -0.3 is 0 Å². The molecule has 0 atom stereocenters. The van der Waals surface area contributed by atoms with Crippen LogP contribution in [-0.2, 0) is 0 Å². The molecule has 0 fully saturated rings. The zero-order valence-electron chi connectivity index (χ0n) is 11.9. The van der Waals surface area contributed by atoms with Gasteiger partial charge in [0, 0.05) is 10.6 Å². The first-order valence-corrected chi connectivity index (χ1v) is 7.50. The fraction of sp³-hybridized carbons (Fsp3) is 0.167. The van der Waals surface area contributed by atoms with Gasteiger partial charge in [-0.1, -0.05) is 67.4 Å². The molecule has 3 heteroatoms. The van der Waals surface area contributed by atoms with Gasteiger partial charge >= 0.3 is 0 Å². The minimum absolute atomic E-state index is 0.135. The van der Waals surface area contributed by atoms with Gasteiger partial charge in [-0.3, -0.25) is 4.79 Å². The number of hydrogen-bond donors (Lipinski definition) is 0. The largest absolute Gasteiger partial charge is 0.289 e. The third-order valence-corrected chi connectivity index (χ3v) is 3.77. The SMILES string of the molecule is CC(C)c1ccc(C=CC(=O)c2ccc(Cl)cc2Cl)cc1. The smallest absolute Gasteiger partial charge is 0.187 e. The topological polar surface area (TPSA) is 17.1 Å². The monoisotopic (exact) mass is 318 g/mol. The first-order chi connectivity index (χ1) is 9.97. The first-order valence-electron chi connectivity index (χ1n) is 6.75. The lowest BCUT2D eigenvalue weighted by Gasteiger charge is -2.04. The standard InChI is InChI=1S/C18H16Cl2O/c1-12(2)14-6-3-13(4-7-14)5-10-18(21)16-9-8-15(19)11-17(16)20/h3-12H,1-2H3. The lowest BCUT2D eigenvalue weighted by molar-refractivity contribution is 0.104. The highest BCUT2D eigenvalue weighted by molar-refractivity contribution is 6.37. The average molecular weight is 319 g/mol. The van der Waals surface area contributed by atoms with Crippen molar-refractivity contribution >= 4 is 35.1 Å². The predicted molar refractivity (Wildman–Crippen MR) is 90.4 cm³/mol. The molecule has 0 amide bonds. The summed E-state index contributed by atoms with van der Waals surface area (Å²) >= 11 is 11.8. The van der Waals surface area contributed by atoms with E-state index in [4.69, 9.17) is 23.2 Å². The van der Waals surface area contributed by atoms with Crippen molar-refractivity contribution in [2.45, 2.75) is 19.8 Å². The van der Waals surface area contributed by atoms with Crippen molar-refractivity contribution in [3.63, 3.8) is 0 Å². The van der Waals surface area contributed by atoms with Crippen molar-refractivity contribution in [1.82, 2.24) is 0 Å². The van der Waals surface area contributed by atoms with E-state index in [1.54, 1.807) is 24.3 Å². The molecule has 2 aromatic carbocycles. The molecule has 0 aliphatic heterocycles. The summed E-state index contributed by atoms with van der Waals surface area (Å²) < 4.78 is 0. The van der Waals surface area contributed by atoms with Crippen molar-refractivity contribution in [2.75, 3.05) is 0 Å². The summed E-state index contributed by atoms with van der Waals surface area (Å²) in [5, 5.41) is 0.886. The van der Waals surface area contributed by atoms with Gasteiger partial charge in [-0.2, -0.15) is 0 Å². The third-order valence-electron chi connectivity index (χ3n) is 3.23. The van der Waals surface area contributed by atoms with E-state index in [9.17, 15) is 4.79 Å². The number of hydrogen-bond acceptors (Lipinski definition) is 1. The molecule has 0 N–H and O–H groups in total. The molecule has 0 spiro atoms. The normalized spacial score (nSPS) is 11.3. The van der Waals surface area contributed by atoms with E-state index in [-0.39, 0.29) is 5.78 Å². The summed E-state index contributed by atoms with van der Waals surface area (Å²) in [6.07, 6.45) is 3.32. The van der Waals surface area contributed by atoms with Gasteiger partial charge in [-0.05, 0) is 41.3 Å². The molecule has 0 heterocycles. The van der Waals surface area contributed by atoms with Gasteiger partial charge in [-0.25, -0.2) is 0 Å². The van der Waals surface area contributed by atoms with Crippen LogP contribution < -0.4 is 0 Å². The Hall–Kier alpha value is -1.57. The molecule has 0 bridgehead atoms. The van der Waals surface area contributed by atoms with Gasteiger partial charge in [0.15, 0.2) is 5.78 Å². The van der Waals surface area contributed by atoms with Crippen LogP contribution in [0.2, 0.25) is 10.0 Å². The molecule has 0 saturated carbocycles. The van der Waals surface area contributed by atoms with Gasteiger partial charge in [-0.15, -0.1) is 0 Å². The van der Waals surface area contributed by atoms with Crippen molar-refractivity contribution in [2.24, 2.45) is 0 Å². The molecule has 0 radical (unpaired) electrons. The van der Waals surface area contributed by atoms with Crippen LogP contribution in [0.3, 0.4) is 0 Å². The molecule has 2 aromatic rings. The summed E-state index contributed by atoms with van der Waals surface area (Å²) in [6.45, 7) is 4.30. The van der Waals surface area contributed by atoms with Crippen LogP contribution in [0.15, 0.2) is 48.5 Å². The fourth-order valence-corrected chi connectivity index (χ4v) is 2.44. The molecule has 21 heavy (non-hydrogen) atoms. The lowest BCUT2D eigenvalue weighted by Crippen LogP contribution is -1.95. The Morgan fingerprint density at radius 2 is 1.71 bits per heavy atom. The van der Waals surface area contributed by atoms with Gasteiger partial charge in [0.25, 0.3) is 0 Å². The molecule has 0 aliphatic carbocycles. The van der Waals surface area contributed by atoms with E-state index < -0.39 is 0 Å². The first kappa shape index (κ1) is 15.8. The minimum atomic E-state index is -0.135. The zero-order valence-corrected chi connectivity index (χ0v) is 13.4. The summed E-state index contributed by atoms with van der Waals surface area (Å²) in [4.78, 5) is 12.1. The summed E-state index contributed by atoms with van der Waals surface area (Å²) in [5.74, 6) is 0.363. The maximum atomic E-state index is 12.1. The van der Waals surface area contributed by atoms with Crippen molar-refractivity contribution in [3.8, 4) is 0 Å². The highest BCUT2D eigenvalue weighted by Crippen LogP contribution is 2.22.